The van der Waals surface area contributed by atoms with Gasteiger partial charge in [0.05, 0.1) is 18.0 Å². The largest absolute Gasteiger partial charge is 0.492 e. The molecule has 2 aromatic carbocycles. The molecule has 9 heteroatoms. The molecule has 30 heavy (non-hydrogen) atoms. The first kappa shape index (κ1) is 23.8. The number of nitrogens with zero attached hydrogens (tertiary/aromatic N) is 2. The number of carbonyl (C=O) groups is 1. The second kappa shape index (κ2) is 11.1. The van der Waals surface area contributed by atoms with E-state index >= 15 is 0 Å². The van der Waals surface area contributed by atoms with Crippen LogP contribution >= 0.6 is 0 Å². The van der Waals surface area contributed by atoms with Gasteiger partial charge < -0.3 is 9.47 Å². The minimum atomic E-state index is -3.49. The summed E-state index contributed by atoms with van der Waals surface area (Å²) in [5, 5.41) is 0. The van der Waals surface area contributed by atoms with Crippen molar-refractivity contribution in [1.82, 2.24) is 9.21 Å². The Morgan fingerprint density at radius 1 is 1.03 bits per heavy atom. The van der Waals surface area contributed by atoms with Crippen LogP contribution in [-0.4, -0.2) is 64.0 Å². The summed E-state index contributed by atoms with van der Waals surface area (Å²) < 4.78 is 49.2. The summed E-state index contributed by atoms with van der Waals surface area (Å²) in [6, 6.07) is 12.2. The topological polar surface area (TPSA) is 76.1 Å². The first-order valence-corrected chi connectivity index (χ1v) is 10.9. The first-order valence-electron chi connectivity index (χ1n) is 9.50. The van der Waals surface area contributed by atoms with Gasteiger partial charge >= 0.3 is 5.97 Å². The van der Waals surface area contributed by atoms with Crippen molar-refractivity contribution >= 4 is 16.0 Å². The van der Waals surface area contributed by atoms with Gasteiger partial charge in [-0.25, -0.2) is 17.1 Å². The van der Waals surface area contributed by atoms with Crippen molar-refractivity contribution in [3.05, 3.63) is 59.9 Å². The second-order valence-electron chi connectivity index (χ2n) is 6.75. The summed E-state index contributed by atoms with van der Waals surface area (Å²) in [6.07, 6.45) is 0. The third-order valence-electron chi connectivity index (χ3n) is 4.26. The zero-order valence-corrected chi connectivity index (χ0v) is 18.2. The molecule has 0 N–H and O–H groups in total. The van der Waals surface area contributed by atoms with Crippen LogP contribution in [0.15, 0.2) is 53.4 Å². The maximum absolute atomic E-state index is 13.1. The maximum Gasteiger partial charge on any atom is 0.320 e. The molecule has 0 heterocycles. The lowest BCUT2D eigenvalue weighted by molar-refractivity contribution is -0.144. The number of rotatable bonds is 11. The fourth-order valence-corrected chi connectivity index (χ4v) is 3.56. The predicted octanol–water partition coefficient (Wildman–Crippen LogP) is 2.52. The van der Waals surface area contributed by atoms with Crippen LogP contribution in [0.2, 0.25) is 0 Å². The van der Waals surface area contributed by atoms with Crippen molar-refractivity contribution < 1.29 is 27.1 Å². The van der Waals surface area contributed by atoms with Crippen LogP contribution in [0.5, 0.6) is 5.75 Å². The minimum Gasteiger partial charge on any atom is -0.492 e. The third-order valence-corrected chi connectivity index (χ3v) is 6.09. The molecule has 0 fully saturated rings. The van der Waals surface area contributed by atoms with Gasteiger partial charge in [0.2, 0.25) is 10.0 Å². The van der Waals surface area contributed by atoms with E-state index in [1.54, 1.807) is 31.2 Å². The number of esters is 1. The summed E-state index contributed by atoms with van der Waals surface area (Å²) in [7, 11) is -0.550. The lowest BCUT2D eigenvalue weighted by atomic mass is 10.2. The summed E-state index contributed by atoms with van der Waals surface area (Å²) in [5.74, 6) is -0.151. The Morgan fingerprint density at radius 3 is 2.23 bits per heavy atom. The number of sulfonamides is 1. The summed E-state index contributed by atoms with van der Waals surface area (Å²) >= 11 is 0. The highest BCUT2D eigenvalue weighted by Crippen LogP contribution is 2.18. The van der Waals surface area contributed by atoms with Crippen molar-refractivity contribution in [2.75, 3.05) is 40.4 Å². The average molecular weight is 439 g/mol. The van der Waals surface area contributed by atoms with Gasteiger partial charge in [-0.2, -0.15) is 0 Å². The quantitative estimate of drug-likeness (QED) is 0.502. The number of ether oxygens (including phenoxy) is 2. The SMILES string of the molecule is CCOC(=O)CN(CCOc1ccc(S(=O)(=O)N(C)C)cc1)Cc1ccc(F)cc1. The van der Waals surface area contributed by atoms with Gasteiger partial charge in [0.15, 0.2) is 0 Å². The van der Waals surface area contributed by atoms with Crippen molar-refractivity contribution in [3.63, 3.8) is 0 Å². The van der Waals surface area contributed by atoms with E-state index in [9.17, 15) is 17.6 Å². The normalized spacial score (nSPS) is 11.7. The number of benzene rings is 2. The molecule has 0 aliphatic rings. The Kier molecular flexibility index (Phi) is 8.76. The highest BCUT2D eigenvalue weighted by Gasteiger charge is 2.17. The van der Waals surface area contributed by atoms with Crippen LogP contribution in [0, 0.1) is 5.82 Å². The minimum absolute atomic E-state index is 0.0780. The van der Waals surface area contributed by atoms with E-state index in [-0.39, 0.29) is 29.8 Å². The molecule has 2 rings (SSSR count). The van der Waals surface area contributed by atoms with Gasteiger partial charge in [-0.1, -0.05) is 12.1 Å². The number of halogens is 1. The highest BCUT2D eigenvalue weighted by atomic mass is 32.2. The van der Waals surface area contributed by atoms with Crippen molar-refractivity contribution in [1.29, 1.82) is 0 Å². The molecule has 0 bridgehead atoms. The summed E-state index contributed by atoms with van der Waals surface area (Å²) in [5.41, 5.74) is 0.860. The fraction of sp³-hybridized carbons (Fsp3) is 0.381. The van der Waals surface area contributed by atoms with Crippen molar-refractivity contribution in [3.8, 4) is 5.75 Å². The first-order chi connectivity index (χ1) is 14.2. The molecule has 0 spiro atoms. The molecule has 0 aliphatic heterocycles. The van der Waals surface area contributed by atoms with E-state index in [1.807, 2.05) is 4.90 Å². The van der Waals surface area contributed by atoms with Crippen molar-refractivity contribution in [2.45, 2.75) is 18.4 Å². The van der Waals surface area contributed by atoms with Gasteiger partial charge in [-0.15, -0.1) is 0 Å². The maximum atomic E-state index is 13.1. The van der Waals surface area contributed by atoms with Gasteiger partial charge in [0.1, 0.15) is 18.2 Å². The Bertz CT molecular complexity index is 915. The van der Waals surface area contributed by atoms with Gasteiger partial charge in [0, 0.05) is 27.2 Å². The van der Waals surface area contributed by atoms with Crippen LogP contribution in [0.1, 0.15) is 12.5 Å². The molecule has 0 saturated heterocycles. The van der Waals surface area contributed by atoms with Gasteiger partial charge in [-0.3, -0.25) is 9.69 Å². The predicted molar refractivity (Wildman–Crippen MR) is 111 cm³/mol. The van der Waals surface area contributed by atoms with E-state index < -0.39 is 10.0 Å². The molecular formula is C21H27FN2O5S. The standard InChI is InChI=1S/C21H27FN2O5S/c1-4-28-21(25)16-24(15-17-5-7-18(22)8-6-17)13-14-29-19-9-11-20(12-10-19)30(26,27)23(2)3/h5-12H,4,13-16H2,1-3H3. The van der Waals surface area contributed by atoms with E-state index in [0.717, 1.165) is 9.87 Å². The lowest BCUT2D eigenvalue weighted by Gasteiger charge is -2.21. The Balaban J connectivity index is 1.97. The average Bonchev–Trinajstić information content (AvgIpc) is 2.70. The van der Waals surface area contributed by atoms with Crippen LogP contribution in [0.25, 0.3) is 0 Å². The molecule has 0 aromatic heterocycles. The van der Waals surface area contributed by atoms with Gasteiger partial charge in [0.25, 0.3) is 0 Å². The molecule has 0 amide bonds. The smallest absolute Gasteiger partial charge is 0.320 e. The third kappa shape index (κ3) is 7.08. The van der Waals surface area contributed by atoms with Crippen LogP contribution < -0.4 is 4.74 Å². The van der Waals surface area contributed by atoms with E-state index in [2.05, 4.69) is 0 Å². The zero-order valence-electron chi connectivity index (χ0n) is 17.4. The van der Waals surface area contributed by atoms with E-state index in [1.165, 1.54) is 38.4 Å². The van der Waals surface area contributed by atoms with Crippen LogP contribution in [0.3, 0.4) is 0 Å². The zero-order chi connectivity index (χ0) is 22.1. The molecular weight excluding hydrogens is 411 g/mol. The molecule has 0 aliphatic carbocycles. The lowest BCUT2D eigenvalue weighted by Crippen LogP contribution is -2.34. The molecule has 7 nitrogen and oxygen atoms in total. The van der Waals surface area contributed by atoms with E-state index in [4.69, 9.17) is 9.47 Å². The molecule has 0 unspecified atom stereocenters. The van der Waals surface area contributed by atoms with Crippen molar-refractivity contribution in [2.24, 2.45) is 0 Å². The summed E-state index contributed by atoms with van der Waals surface area (Å²) in [4.78, 5) is 13.9. The number of hydrogen-bond acceptors (Lipinski definition) is 6. The molecule has 164 valence electrons. The molecule has 0 saturated carbocycles. The molecule has 0 radical (unpaired) electrons. The van der Waals surface area contributed by atoms with Crippen LogP contribution in [0.4, 0.5) is 4.39 Å². The monoisotopic (exact) mass is 438 g/mol. The van der Waals surface area contributed by atoms with Crippen LogP contribution in [-0.2, 0) is 26.1 Å². The second-order valence-corrected chi connectivity index (χ2v) is 8.90. The van der Waals surface area contributed by atoms with Gasteiger partial charge in [-0.05, 0) is 48.9 Å². The Labute approximate surface area is 177 Å². The fourth-order valence-electron chi connectivity index (χ4n) is 2.66. The Morgan fingerprint density at radius 2 is 1.67 bits per heavy atom. The highest BCUT2D eigenvalue weighted by molar-refractivity contribution is 7.89. The Hall–Kier alpha value is -2.49. The number of hydrogen-bond donors (Lipinski definition) is 0. The molecule has 2 aromatic rings. The molecule has 0 atom stereocenters. The number of carbonyl (C=O) groups excluding carboxylic acids is 1. The van der Waals surface area contributed by atoms with E-state index in [0.29, 0.717) is 25.4 Å². The summed E-state index contributed by atoms with van der Waals surface area (Å²) in [6.45, 7) is 3.25.